The van der Waals surface area contributed by atoms with Crippen molar-refractivity contribution in [3.05, 3.63) is 58.9 Å². The molecule has 1 aliphatic heterocycles. The molecule has 1 aromatic carbocycles. The van der Waals surface area contributed by atoms with Crippen molar-refractivity contribution < 1.29 is 40.0 Å². The molecule has 0 bridgehead atoms. The number of likely N-dealkylation sites (tertiary alicyclic amines) is 1. The molecule has 0 radical (unpaired) electrons. The van der Waals surface area contributed by atoms with E-state index in [1.54, 1.807) is 0 Å². The van der Waals surface area contributed by atoms with Crippen LogP contribution in [0.25, 0.3) is 0 Å². The van der Waals surface area contributed by atoms with Gasteiger partial charge in [-0.15, -0.1) is 0 Å². The first-order valence-electron chi connectivity index (χ1n) is 12.0. The van der Waals surface area contributed by atoms with E-state index in [-0.39, 0.29) is 46.9 Å². The minimum absolute atomic E-state index is 0.0305. The molecule has 38 heavy (non-hydrogen) atoms. The molecular formula is C25H26F5N3O4S. The Morgan fingerprint density at radius 1 is 1.13 bits per heavy atom. The van der Waals surface area contributed by atoms with Crippen LogP contribution in [-0.4, -0.2) is 49.0 Å². The molecule has 1 saturated heterocycles. The quantitative estimate of drug-likeness (QED) is 0.511. The molecule has 1 aromatic heterocycles. The minimum atomic E-state index is -5.08. The highest BCUT2D eigenvalue weighted by atomic mass is 32.2. The lowest BCUT2D eigenvalue weighted by molar-refractivity contribution is -0.140. The van der Waals surface area contributed by atoms with E-state index in [1.165, 1.54) is 17.2 Å². The van der Waals surface area contributed by atoms with Crippen molar-refractivity contribution in [3.8, 4) is 0 Å². The van der Waals surface area contributed by atoms with Crippen molar-refractivity contribution in [3.63, 3.8) is 0 Å². The molecule has 2 fully saturated rings. The molecule has 0 spiro atoms. The number of amides is 2. The van der Waals surface area contributed by atoms with Crippen LogP contribution < -0.4 is 5.32 Å². The highest BCUT2D eigenvalue weighted by Crippen LogP contribution is 2.43. The zero-order chi connectivity index (χ0) is 28.0. The molecule has 2 heterocycles. The smallest absolute Gasteiger partial charge is 0.347 e. The van der Waals surface area contributed by atoms with Crippen LogP contribution in [0.1, 0.15) is 60.1 Å². The number of carbonyl (C=O) groups is 2. The topological polar surface area (TPSA) is 96.4 Å². The normalized spacial score (nSPS) is 20.9. The number of nitrogens with one attached hydrogen (secondary N) is 1. The fourth-order valence-electron chi connectivity index (χ4n) is 4.74. The average Bonchev–Trinajstić information content (AvgIpc) is 3.59. The summed E-state index contributed by atoms with van der Waals surface area (Å²) in [4.78, 5) is 31.7. The van der Waals surface area contributed by atoms with Gasteiger partial charge in [0.1, 0.15) is 17.7 Å². The van der Waals surface area contributed by atoms with Crippen molar-refractivity contribution in [2.24, 2.45) is 11.8 Å². The van der Waals surface area contributed by atoms with E-state index in [9.17, 15) is 40.0 Å². The first-order chi connectivity index (χ1) is 17.7. The molecule has 1 unspecified atom stereocenters. The monoisotopic (exact) mass is 559 g/mol. The molecule has 1 saturated carbocycles. The maximum Gasteiger partial charge on any atom is 0.419 e. The molecular weight excluding hydrogens is 533 g/mol. The summed E-state index contributed by atoms with van der Waals surface area (Å²) in [6.45, 7) is 2.08. The number of nitrogens with zero attached hydrogens (tertiary/aromatic N) is 2. The summed E-state index contributed by atoms with van der Waals surface area (Å²) >= 11 is 0. The number of rotatable bonds is 7. The molecule has 2 amide bonds. The lowest BCUT2D eigenvalue weighted by atomic mass is 9.98. The zero-order valence-corrected chi connectivity index (χ0v) is 21.4. The Balaban J connectivity index is 1.61. The number of carbonyl (C=O) groups excluding carboxylic acids is 2. The summed E-state index contributed by atoms with van der Waals surface area (Å²) in [6.07, 6.45) is 0.216. The highest BCUT2D eigenvalue weighted by molar-refractivity contribution is 7.90. The summed E-state index contributed by atoms with van der Waals surface area (Å²) in [5.41, 5.74) is -2.15. The van der Waals surface area contributed by atoms with Crippen LogP contribution in [0.4, 0.5) is 22.0 Å². The number of benzene rings is 1. The number of halogens is 5. The molecule has 1 aliphatic carbocycles. The maximum absolute atomic E-state index is 14.8. The van der Waals surface area contributed by atoms with Crippen molar-refractivity contribution in [1.82, 2.24) is 15.2 Å². The second kappa shape index (κ2) is 10.2. The lowest BCUT2D eigenvalue weighted by Crippen LogP contribution is -2.47. The third-order valence-electron chi connectivity index (χ3n) is 7.03. The van der Waals surface area contributed by atoms with Gasteiger partial charge in [0.2, 0.25) is 5.91 Å². The van der Waals surface area contributed by atoms with Crippen molar-refractivity contribution >= 4 is 21.7 Å². The summed E-state index contributed by atoms with van der Waals surface area (Å²) in [6, 6.07) is -0.348. The molecule has 1 N–H and O–H groups in total. The number of alkyl halides is 3. The second-order valence-electron chi connectivity index (χ2n) is 9.84. The van der Waals surface area contributed by atoms with Crippen LogP contribution in [0, 0.1) is 23.5 Å². The van der Waals surface area contributed by atoms with Gasteiger partial charge in [0.25, 0.3) is 5.91 Å². The van der Waals surface area contributed by atoms with E-state index in [1.807, 2.05) is 6.92 Å². The lowest BCUT2D eigenvalue weighted by Gasteiger charge is -2.27. The second-order valence-corrected chi connectivity index (χ2v) is 11.9. The fraction of sp³-hybridized carbons (Fsp3) is 0.480. The van der Waals surface area contributed by atoms with Gasteiger partial charge in [0.05, 0.1) is 22.1 Å². The van der Waals surface area contributed by atoms with E-state index in [4.69, 9.17) is 0 Å². The van der Waals surface area contributed by atoms with Crippen LogP contribution >= 0.6 is 0 Å². The average molecular weight is 560 g/mol. The van der Waals surface area contributed by atoms with Gasteiger partial charge in [0, 0.05) is 30.8 Å². The van der Waals surface area contributed by atoms with Crippen molar-refractivity contribution in [2.45, 2.75) is 55.8 Å². The van der Waals surface area contributed by atoms with E-state index in [2.05, 4.69) is 10.3 Å². The Morgan fingerprint density at radius 2 is 1.82 bits per heavy atom. The van der Waals surface area contributed by atoms with Gasteiger partial charge in [0.15, 0.2) is 9.84 Å². The van der Waals surface area contributed by atoms with Crippen LogP contribution in [0.2, 0.25) is 0 Å². The molecule has 3 atom stereocenters. The van der Waals surface area contributed by atoms with E-state index < -0.39 is 57.1 Å². The van der Waals surface area contributed by atoms with Crippen molar-refractivity contribution in [1.29, 1.82) is 0 Å². The van der Waals surface area contributed by atoms with Gasteiger partial charge in [-0.2, -0.15) is 13.2 Å². The summed E-state index contributed by atoms with van der Waals surface area (Å²) in [5, 5.41) is 2.65. The first-order valence-corrected chi connectivity index (χ1v) is 13.9. The zero-order valence-electron chi connectivity index (χ0n) is 20.6. The van der Waals surface area contributed by atoms with Gasteiger partial charge in [-0.3, -0.25) is 14.6 Å². The van der Waals surface area contributed by atoms with Crippen LogP contribution in [0.15, 0.2) is 35.5 Å². The Hall–Kier alpha value is -3.09. The molecule has 206 valence electrons. The molecule has 2 aromatic rings. The maximum atomic E-state index is 14.8. The molecule has 2 aliphatic rings. The Bertz CT molecular complexity index is 1360. The number of aromatic nitrogens is 1. The minimum Gasteiger partial charge on any atom is -0.347 e. The Kier molecular flexibility index (Phi) is 7.52. The first kappa shape index (κ1) is 27.9. The summed E-state index contributed by atoms with van der Waals surface area (Å²) in [5.74, 6) is -4.55. The highest BCUT2D eigenvalue weighted by Gasteiger charge is 2.43. The molecule has 7 nitrogen and oxygen atoms in total. The van der Waals surface area contributed by atoms with Crippen LogP contribution in [0.3, 0.4) is 0 Å². The van der Waals surface area contributed by atoms with E-state index >= 15 is 0 Å². The Morgan fingerprint density at radius 3 is 2.39 bits per heavy atom. The summed E-state index contributed by atoms with van der Waals surface area (Å²) in [7, 11) is -3.65. The number of hydrogen-bond acceptors (Lipinski definition) is 5. The largest absolute Gasteiger partial charge is 0.419 e. The van der Waals surface area contributed by atoms with Gasteiger partial charge in [-0.25, -0.2) is 17.2 Å². The van der Waals surface area contributed by atoms with Crippen LogP contribution in [0.5, 0.6) is 0 Å². The molecule has 13 heteroatoms. The van der Waals surface area contributed by atoms with E-state index in [0.29, 0.717) is 25.3 Å². The van der Waals surface area contributed by atoms with Gasteiger partial charge in [-0.05, 0) is 49.3 Å². The van der Waals surface area contributed by atoms with Gasteiger partial charge < -0.3 is 10.2 Å². The van der Waals surface area contributed by atoms with Crippen molar-refractivity contribution in [2.75, 3.05) is 12.8 Å². The van der Waals surface area contributed by atoms with Gasteiger partial charge in [-0.1, -0.05) is 13.3 Å². The molecule has 4 rings (SSSR count). The Labute approximate surface area is 216 Å². The van der Waals surface area contributed by atoms with E-state index in [0.717, 1.165) is 12.5 Å². The predicted octanol–water partition coefficient (Wildman–Crippen LogP) is 4.29. The predicted molar refractivity (Wildman–Crippen MR) is 126 cm³/mol. The summed E-state index contributed by atoms with van der Waals surface area (Å²) < 4.78 is 91.9. The third-order valence-corrected chi connectivity index (χ3v) is 8.11. The fourth-order valence-corrected chi connectivity index (χ4v) is 5.34. The SMILES string of the molecule is CC[C@@H]1C[C@H](C(=O)NC(c2cc(F)c(C(F)(F)F)cc2F)C2CC2)N(C(=O)c2cncc(S(C)(=O)=O)c2)C1. The number of hydrogen-bond donors (Lipinski definition) is 1. The number of sulfone groups is 1. The van der Waals surface area contributed by atoms with Crippen LogP contribution in [-0.2, 0) is 20.8 Å². The third kappa shape index (κ3) is 5.82. The standard InChI is InChI=1S/C25H26F5N3O4S/c1-3-13-6-21(33(12-13)24(35)15-7-16(11-31-10-15)38(2,36)37)23(34)32-22(14-4-5-14)17-8-20(27)18(9-19(17)26)25(28,29)30/h7-11,13-14,21-22H,3-6,12H2,1-2H3,(H,32,34)/t13-,21-,22?/m1/s1. The van der Waals surface area contributed by atoms with Gasteiger partial charge >= 0.3 is 6.18 Å². The number of pyridine rings is 1.